The second kappa shape index (κ2) is 6.56. The van der Waals surface area contributed by atoms with Crippen molar-refractivity contribution in [1.29, 1.82) is 0 Å². The highest BCUT2D eigenvalue weighted by Gasteiger charge is 2.16. The minimum absolute atomic E-state index is 0.158. The van der Waals surface area contributed by atoms with E-state index < -0.39 is 11.0 Å². The largest absolute Gasteiger partial charge is 0.434 e. The van der Waals surface area contributed by atoms with Gasteiger partial charge in [-0.2, -0.15) is 0 Å². The Labute approximate surface area is 101 Å². The lowest BCUT2D eigenvalue weighted by Gasteiger charge is -2.10. The number of imidazole rings is 1. The number of aliphatic hydroxyl groups is 1. The summed E-state index contributed by atoms with van der Waals surface area (Å²) in [6.45, 7) is 1.29. The van der Waals surface area contributed by atoms with Gasteiger partial charge in [-0.1, -0.05) is 20.9 Å². The monoisotopic (exact) mass is 294 g/mol. The molecule has 0 saturated carbocycles. The first-order valence-electron chi connectivity index (χ1n) is 4.75. The van der Waals surface area contributed by atoms with Gasteiger partial charge in [0.05, 0.1) is 12.6 Å². The molecule has 0 bridgehead atoms. The second-order valence-corrected chi connectivity index (χ2v) is 3.98. The third-order valence-electron chi connectivity index (χ3n) is 1.92. The zero-order valence-corrected chi connectivity index (χ0v) is 10.1. The van der Waals surface area contributed by atoms with Crippen LogP contribution in [0.15, 0.2) is 12.4 Å². The molecule has 0 amide bonds. The van der Waals surface area contributed by atoms with Gasteiger partial charge in [-0.25, -0.2) is 4.57 Å². The summed E-state index contributed by atoms with van der Waals surface area (Å²) in [7, 11) is 0. The fraction of sp³-hybridized carbons (Fsp3) is 0.625. The smallest absolute Gasteiger partial charge is 0.390 e. The summed E-state index contributed by atoms with van der Waals surface area (Å²) in [4.78, 5) is 13.6. The molecule has 1 aromatic rings. The normalized spacial score (nSPS) is 12.6. The van der Waals surface area contributed by atoms with Crippen LogP contribution in [0.3, 0.4) is 0 Å². The molecule has 0 aliphatic heterocycles. The molecule has 0 fully saturated rings. The molecule has 8 heteroatoms. The van der Waals surface area contributed by atoms with E-state index in [0.717, 1.165) is 11.9 Å². The number of halogens is 1. The third kappa shape index (κ3) is 3.87. The topological polar surface area (TPSA) is 93.2 Å². The molecular weight excluding hydrogens is 282 g/mol. The van der Waals surface area contributed by atoms with Crippen molar-refractivity contribution in [3.8, 4) is 0 Å². The van der Waals surface area contributed by atoms with E-state index in [1.807, 2.05) is 0 Å². The molecule has 16 heavy (non-hydrogen) atoms. The Hall–Kier alpha value is -0.990. The van der Waals surface area contributed by atoms with Crippen LogP contribution in [0.1, 0.15) is 0 Å². The lowest BCUT2D eigenvalue weighted by Crippen LogP contribution is -2.31. The van der Waals surface area contributed by atoms with E-state index in [1.54, 1.807) is 0 Å². The minimum Gasteiger partial charge on any atom is -0.390 e. The molecule has 0 spiro atoms. The van der Waals surface area contributed by atoms with Gasteiger partial charge in [-0.15, -0.1) is 0 Å². The van der Waals surface area contributed by atoms with Gasteiger partial charge in [0.15, 0.2) is 0 Å². The SMILES string of the molecule is O=[N+]([O-])c1nccn1C[14C@H](O)CNCCBr. The van der Waals surface area contributed by atoms with E-state index in [9.17, 15) is 15.2 Å². The number of rotatable bonds is 7. The summed E-state index contributed by atoms with van der Waals surface area (Å²) in [5, 5.41) is 23.9. The Balaban J connectivity index is 2.46. The molecule has 1 heterocycles. The zero-order chi connectivity index (χ0) is 12.0. The van der Waals surface area contributed by atoms with E-state index in [4.69, 9.17) is 0 Å². The van der Waals surface area contributed by atoms with E-state index in [2.05, 4.69) is 26.2 Å². The molecular formula is C8H13BrN4O3. The number of nitrogens with zero attached hydrogens (tertiary/aromatic N) is 3. The summed E-state index contributed by atoms with van der Waals surface area (Å²) in [6.07, 6.45) is 2.15. The molecule has 90 valence electrons. The number of nitro groups is 1. The number of hydrogen-bond donors (Lipinski definition) is 2. The lowest BCUT2D eigenvalue weighted by atomic mass is 10.7. The Bertz CT molecular complexity index is 344. The first-order chi connectivity index (χ1) is 7.65. The molecule has 0 saturated heterocycles. The molecule has 0 radical (unpaired) electrons. The Morgan fingerprint density at radius 1 is 1.75 bits per heavy atom. The van der Waals surface area contributed by atoms with Gasteiger partial charge in [0.1, 0.15) is 12.4 Å². The van der Waals surface area contributed by atoms with Crippen molar-refractivity contribution in [2.24, 2.45) is 0 Å². The summed E-state index contributed by atoms with van der Waals surface area (Å²) in [5.74, 6) is -0.250. The maximum Gasteiger partial charge on any atom is 0.434 e. The number of nitrogens with one attached hydrogen (secondary N) is 1. The van der Waals surface area contributed by atoms with Crippen molar-refractivity contribution >= 4 is 21.9 Å². The zero-order valence-electron chi connectivity index (χ0n) is 8.54. The van der Waals surface area contributed by atoms with Crippen molar-refractivity contribution < 1.29 is 10.0 Å². The quantitative estimate of drug-likeness (QED) is 0.323. The summed E-state index contributed by atoms with van der Waals surface area (Å²) >= 11 is 3.24. The van der Waals surface area contributed by atoms with Crippen LogP contribution in [-0.4, -0.2) is 44.1 Å². The van der Waals surface area contributed by atoms with Crippen molar-refractivity contribution in [2.75, 3.05) is 18.4 Å². The van der Waals surface area contributed by atoms with Crippen LogP contribution in [0, 0.1) is 10.1 Å². The lowest BCUT2D eigenvalue weighted by molar-refractivity contribution is -0.397. The molecule has 2 N–H and O–H groups in total. The number of hydrogen-bond acceptors (Lipinski definition) is 5. The highest BCUT2D eigenvalue weighted by Crippen LogP contribution is 2.07. The van der Waals surface area contributed by atoms with Gasteiger partial charge in [-0.3, -0.25) is 0 Å². The van der Waals surface area contributed by atoms with Gasteiger partial charge >= 0.3 is 5.95 Å². The van der Waals surface area contributed by atoms with Gasteiger partial charge < -0.3 is 20.5 Å². The molecule has 7 nitrogen and oxygen atoms in total. The molecule has 1 atom stereocenters. The van der Waals surface area contributed by atoms with Crippen molar-refractivity contribution in [1.82, 2.24) is 14.9 Å². The van der Waals surface area contributed by atoms with Crippen LogP contribution in [0.2, 0.25) is 0 Å². The molecule has 0 aliphatic rings. The van der Waals surface area contributed by atoms with E-state index >= 15 is 0 Å². The molecule has 0 unspecified atom stereocenters. The predicted molar refractivity (Wildman–Crippen MR) is 61.6 cm³/mol. The van der Waals surface area contributed by atoms with Crippen LogP contribution in [0.5, 0.6) is 0 Å². The fourth-order valence-electron chi connectivity index (χ4n) is 1.24. The predicted octanol–water partition coefficient (Wildman–Crippen LogP) is 0.137. The first kappa shape index (κ1) is 13.1. The molecule has 0 aromatic carbocycles. The van der Waals surface area contributed by atoms with Crippen LogP contribution < -0.4 is 5.32 Å². The Kier molecular flexibility index (Phi) is 5.36. The van der Waals surface area contributed by atoms with E-state index in [-0.39, 0.29) is 12.5 Å². The molecule has 0 aliphatic carbocycles. The Morgan fingerprint density at radius 3 is 3.12 bits per heavy atom. The minimum atomic E-state index is -0.674. The maximum absolute atomic E-state index is 10.5. The van der Waals surface area contributed by atoms with Crippen molar-refractivity contribution in [3.05, 3.63) is 22.5 Å². The highest BCUT2D eigenvalue weighted by atomic mass is 79.9. The van der Waals surface area contributed by atoms with Gasteiger partial charge in [0, 0.05) is 18.4 Å². The van der Waals surface area contributed by atoms with Crippen LogP contribution in [-0.2, 0) is 6.54 Å². The number of aliphatic hydroxyl groups excluding tert-OH is 1. The number of aromatic nitrogens is 2. The molecule has 1 aromatic heterocycles. The average Bonchev–Trinajstić information content (AvgIpc) is 2.66. The van der Waals surface area contributed by atoms with Crippen LogP contribution in [0.4, 0.5) is 5.95 Å². The fourth-order valence-corrected chi connectivity index (χ4v) is 1.52. The van der Waals surface area contributed by atoms with Gasteiger partial charge in [0.25, 0.3) is 0 Å². The van der Waals surface area contributed by atoms with Crippen molar-refractivity contribution in [3.63, 3.8) is 0 Å². The molecule has 1 rings (SSSR count). The van der Waals surface area contributed by atoms with Gasteiger partial charge in [0.2, 0.25) is 0 Å². The van der Waals surface area contributed by atoms with Crippen molar-refractivity contribution in [2.45, 2.75) is 12.6 Å². The second-order valence-electron chi connectivity index (χ2n) is 3.18. The van der Waals surface area contributed by atoms with Crippen LogP contribution in [0.25, 0.3) is 0 Å². The highest BCUT2D eigenvalue weighted by molar-refractivity contribution is 9.09. The maximum atomic E-state index is 10.5. The number of alkyl halides is 1. The first-order valence-corrected chi connectivity index (χ1v) is 5.87. The average molecular weight is 295 g/mol. The van der Waals surface area contributed by atoms with Crippen LogP contribution >= 0.6 is 15.9 Å². The Morgan fingerprint density at radius 2 is 2.50 bits per heavy atom. The summed E-state index contributed by atoms with van der Waals surface area (Å²) < 4.78 is 1.32. The summed E-state index contributed by atoms with van der Waals surface area (Å²) in [5.41, 5.74) is 0. The summed E-state index contributed by atoms with van der Waals surface area (Å²) in [6, 6.07) is 0. The van der Waals surface area contributed by atoms with E-state index in [1.165, 1.54) is 17.0 Å². The van der Waals surface area contributed by atoms with Gasteiger partial charge in [-0.05, 0) is 4.92 Å². The van der Waals surface area contributed by atoms with E-state index in [0.29, 0.717) is 6.54 Å². The third-order valence-corrected chi connectivity index (χ3v) is 2.31. The standard InChI is InChI=1S/C8H13BrN4O3/c9-1-2-10-5-7(14)6-12-4-3-11-8(12)13(15)16/h3-4,7,10,14H,1-2,5-6H2/t7-/m1/s1/i7+2.